The number of nitrogens with zero attached hydrogens (tertiary/aromatic N) is 2. The first-order valence-electron chi connectivity index (χ1n) is 5.56. The van der Waals surface area contributed by atoms with Crippen LogP contribution < -0.4 is 4.68 Å². The summed E-state index contributed by atoms with van der Waals surface area (Å²) >= 11 is 0. The minimum absolute atomic E-state index is 0.821. The average molecular weight is 225 g/mol. The average Bonchev–Trinajstić information content (AvgIpc) is 2.76. The van der Waals surface area contributed by atoms with Crippen molar-refractivity contribution in [3.63, 3.8) is 0 Å². The van der Waals surface area contributed by atoms with Crippen LogP contribution in [0.1, 0.15) is 5.56 Å². The first kappa shape index (κ1) is 10.0. The highest BCUT2D eigenvalue weighted by Gasteiger charge is 2.16. The van der Waals surface area contributed by atoms with Gasteiger partial charge in [0.25, 0.3) is 0 Å². The van der Waals surface area contributed by atoms with Gasteiger partial charge < -0.3 is 4.42 Å². The molecule has 3 heteroatoms. The van der Waals surface area contributed by atoms with Crippen LogP contribution >= 0.6 is 0 Å². The maximum atomic E-state index is 5.40. The molecule has 3 aromatic rings. The summed E-state index contributed by atoms with van der Waals surface area (Å²) < 4.78 is 7.29. The van der Waals surface area contributed by atoms with Crippen LogP contribution in [0.2, 0.25) is 0 Å². The monoisotopic (exact) mass is 225 g/mol. The summed E-state index contributed by atoms with van der Waals surface area (Å²) in [7, 11) is 1.95. The fourth-order valence-electron chi connectivity index (χ4n) is 2.05. The van der Waals surface area contributed by atoms with Crippen molar-refractivity contribution in [2.24, 2.45) is 7.05 Å². The van der Waals surface area contributed by atoms with E-state index in [4.69, 9.17) is 4.42 Å². The van der Waals surface area contributed by atoms with Crippen molar-refractivity contribution in [1.29, 1.82) is 0 Å². The third kappa shape index (κ3) is 1.60. The lowest BCUT2D eigenvalue weighted by atomic mass is 10.1. The molecule has 2 heterocycles. The van der Waals surface area contributed by atoms with Gasteiger partial charge in [-0.3, -0.25) is 0 Å². The molecule has 0 N–H and O–H groups in total. The maximum Gasteiger partial charge on any atom is 0.242 e. The van der Waals surface area contributed by atoms with E-state index in [1.807, 2.05) is 36.0 Å². The minimum Gasteiger partial charge on any atom is -0.462 e. The van der Waals surface area contributed by atoms with Crippen molar-refractivity contribution in [2.45, 2.75) is 6.92 Å². The summed E-state index contributed by atoms with van der Waals surface area (Å²) in [5.74, 6) is 0. The molecule has 0 aliphatic carbocycles. The fourth-order valence-corrected chi connectivity index (χ4v) is 2.05. The Morgan fingerprint density at radius 1 is 1.18 bits per heavy atom. The van der Waals surface area contributed by atoms with Crippen LogP contribution in [-0.2, 0) is 7.05 Å². The molecule has 0 saturated carbocycles. The molecule has 2 aromatic heterocycles. The Morgan fingerprint density at radius 3 is 2.82 bits per heavy atom. The van der Waals surface area contributed by atoms with Gasteiger partial charge in [0, 0.05) is 11.2 Å². The molecule has 1 aromatic carbocycles. The van der Waals surface area contributed by atoms with Crippen LogP contribution in [0.5, 0.6) is 0 Å². The second-order valence-corrected chi connectivity index (χ2v) is 4.14. The minimum atomic E-state index is 0.821. The van der Waals surface area contributed by atoms with E-state index in [2.05, 4.69) is 24.2 Å². The molecule has 0 fully saturated rings. The lowest BCUT2D eigenvalue weighted by molar-refractivity contribution is -0.718. The molecule has 0 saturated heterocycles. The molecule has 0 atom stereocenters. The van der Waals surface area contributed by atoms with Crippen LogP contribution in [0, 0.1) is 6.92 Å². The number of aryl methyl sites for hydroxylation is 2. The van der Waals surface area contributed by atoms with Crippen molar-refractivity contribution in [1.82, 2.24) is 5.10 Å². The number of furan rings is 1. The van der Waals surface area contributed by atoms with Crippen LogP contribution in [0.4, 0.5) is 0 Å². The largest absolute Gasteiger partial charge is 0.462 e. The Hall–Kier alpha value is -2.16. The SMILES string of the molecule is Cc1ccccc1-c1cc2occc2n[n+]1C. The van der Waals surface area contributed by atoms with Gasteiger partial charge in [0.2, 0.25) is 5.69 Å². The van der Waals surface area contributed by atoms with Crippen molar-refractivity contribution < 1.29 is 9.10 Å². The van der Waals surface area contributed by atoms with E-state index in [9.17, 15) is 0 Å². The zero-order valence-electron chi connectivity index (χ0n) is 9.84. The molecule has 0 spiro atoms. The highest BCUT2D eigenvalue weighted by atomic mass is 16.3. The van der Waals surface area contributed by atoms with E-state index in [1.54, 1.807) is 6.26 Å². The summed E-state index contributed by atoms with van der Waals surface area (Å²) in [5, 5.41) is 4.48. The zero-order valence-corrected chi connectivity index (χ0v) is 9.84. The van der Waals surface area contributed by atoms with Crippen molar-refractivity contribution in [2.75, 3.05) is 0 Å². The first-order valence-corrected chi connectivity index (χ1v) is 5.56. The van der Waals surface area contributed by atoms with Crippen molar-refractivity contribution in [3.8, 4) is 11.3 Å². The van der Waals surface area contributed by atoms with Crippen LogP contribution in [0.3, 0.4) is 0 Å². The van der Waals surface area contributed by atoms with E-state index in [1.165, 1.54) is 11.1 Å². The van der Waals surface area contributed by atoms with Crippen molar-refractivity contribution in [3.05, 3.63) is 48.2 Å². The number of aromatic nitrogens is 2. The number of hydrogen-bond donors (Lipinski definition) is 0. The maximum absolute atomic E-state index is 5.40. The van der Waals surface area contributed by atoms with Crippen molar-refractivity contribution >= 4 is 11.1 Å². The molecule has 0 aliphatic heterocycles. The molecule has 0 unspecified atom stereocenters. The third-order valence-corrected chi connectivity index (χ3v) is 2.97. The van der Waals surface area contributed by atoms with E-state index in [0.29, 0.717) is 0 Å². The van der Waals surface area contributed by atoms with Gasteiger partial charge in [0.15, 0.2) is 18.1 Å². The smallest absolute Gasteiger partial charge is 0.242 e. The first-order chi connectivity index (χ1) is 8.25. The Kier molecular flexibility index (Phi) is 2.18. The molecular formula is C14H13N2O+. The Balaban J connectivity index is 2.30. The quantitative estimate of drug-likeness (QED) is 0.596. The van der Waals surface area contributed by atoms with Gasteiger partial charge in [-0.1, -0.05) is 22.9 Å². The molecule has 0 amide bonds. The molecular weight excluding hydrogens is 212 g/mol. The fraction of sp³-hybridized carbons (Fsp3) is 0.143. The number of rotatable bonds is 1. The molecule has 3 nitrogen and oxygen atoms in total. The highest BCUT2D eigenvalue weighted by Crippen LogP contribution is 2.22. The van der Waals surface area contributed by atoms with Crippen LogP contribution in [-0.4, -0.2) is 5.10 Å². The second kappa shape index (κ2) is 3.70. The number of benzene rings is 1. The van der Waals surface area contributed by atoms with Gasteiger partial charge in [-0.2, -0.15) is 0 Å². The van der Waals surface area contributed by atoms with Crippen LogP contribution in [0.15, 0.2) is 47.1 Å². The molecule has 0 radical (unpaired) electrons. The van der Waals surface area contributed by atoms with Gasteiger partial charge in [0.1, 0.15) is 0 Å². The predicted octanol–water partition coefficient (Wildman–Crippen LogP) is 2.63. The number of fused-ring (bicyclic) bond motifs is 1. The van der Waals surface area contributed by atoms with E-state index < -0.39 is 0 Å². The van der Waals surface area contributed by atoms with Gasteiger partial charge in [0.05, 0.1) is 17.9 Å². The van der Waals surface area contributed by atoms with Gasteiger partial charge in [-0.25, -0.2) is 0 Å². The standard InChI is InChI=1S/C14H13N2O/c1-10-5-3-4-6-11(10)13-9-14-12(7-8-17-14)15-16(13)2/h3-9H,1-2H3/q+1. The second-order valence-electron chi connectivity index (χ2n) is 4.14. The molecule has 17 heavy (non-hydrogen) atoms. The lowest BCUT2D eigenvalue weighted by Crippen LogP contribution is -2.35. The Labute approximate surface area is 99.3 Å². The van der Waals surface area contributed by atoms with Gasteiger partial charge in [-0.15, -0.1) is 0 Å². The highest BCUT2D eigenvalue weighted by molar-refractivity contribution is 5.75. The summed E-state index contributed by atoms with van der Waals surface area (Å²) in [6.07, 6.45) is 1.67. The van der Waals surface area contributed by atoms with E-state index >= 15 is 0 Å². The third-order valence-electron chi connectivity index (χ3n) is 2.97. The van der Waals surface area contributed by atoms with Gasteiger partial charge >= 0.3 is 0 Å². The molecule has 3 rings (SSSR count). The van der Waals surface area contributed by atoms with Gasteiger partial charge in [-0.05, 0) is 18.6 Å². The summed E-state index contributed by atoms with van der Waals surface area (Å²) in [4.78, 5) is 0. The number of hydrogen-bond acceptors (Lipinski definition) is 2. The zero-order chi connectivity index (χ0) is 11.8. The lowest BCUT2D eigenvalue weighted by Gasteiger charge is -2.01. The predicted molar refractivity (Wildman–Crippen MR) is 65.4 cm³/mol. The Morgan fingerprint density at radius 2 is 2.00 bits per heavy atom. The molecule has 0 bridgehead atoms. The van der Waals surface area contributed by atoms with E-state index in [0.717, 1.165) is 16.8 Å². The normalized spacial score (nSPS) is 10.9. The van der Waals surface area contributed by atoms with E-state index in [-0.39, 0.29) is 0 Å². The van der Waals surface area contributed by atoms with Crippen LogP contribution in [0.25, 0.3) is 22.4 Å². The summed E-state index contributed by atoms with van der Waals surface area (Å²) in [5.41, 5.74) is 5.17. The topological polar surface area (TPSA) is 29.9 Å². The summed E-state index contributed by atoms with van der Waals surface area (Å²) in [6, 6.07) is 12.2. The Bertz CT molecular complexity index is 686. The molecule has 84 valence electrons. The molecule has 0 aliphatic rings. The summed E-state index contributed by atoms with van der Waals surface area (Å²) in [6.45, 7) is 2.10.